The monoisotopic (exact) mass is 328 g/mol. The average molecular weight is 328 g/mol. The lowest BCUT2D eigenvalue weighted by Crippen LogP contribution is -2.54. The minimum Gasteiger partial charge on any atom is -0.378 e. The number of carbonyl (C=O) groups is 2. The Morgan fingerprint density at radius 1 is 1.25 bits per heavy atom. The first-order chi connectivity index (χ1) is 11.4. The number of rotatable bonds is 4. The van der Waals surface area contributed by atoms with Crippen LogP contribution in [0.25, 0.3) is 0 Å². The Bertz CT molecular complexity index is 745. The van der Waals surface area contributed by atoms with Crippen LogP contribution in [0, 0.1) is 12.8 Å². The van der Waals surface area contributed by atoms with E-state index in [1.165, 1.54) is 0 Å². The average Bonchev–Trinajstić information content (AvgIpc) is 2.92. The third kappa shape index (κ3) is 3.24. The quantitative estimate of drug-likeness (QED) is 0.925. The van der Waals surface area contributed by atoms with Crippen LogP contribution in [0.5, 0.6) is 0 Å². The summed E-state index contributed by atoms with van der Waals surface area (Å²) in [7, 11) is 3.92. The molecule has 0 unspecified atom stereocenters. The number of benzene rings is 1. The molecule has 1 aromatic carbocycles. The highest BCUT2D eigenvalue weighted by atomic mass is 16.5. The number of amides is 2. The van der Waals surface area contributed by atoms with E-state index in [0.717, 1.165) is 11.4 Å². The molecule has 0 bridgehead atoms. The van der Waals surface area contributed by atoms with Gasteiger partial charge in [0, 0.05) is 44.6 Å². The van der Waals surface area contributed by atoms with Crippen LogP contribution in [0.3, 0.4) is 0 Å². The standard InChI is InChI=1S/C17H20N4O3/c1-11-8-15(19-24-11)17(23)21-9-12(10-21)16(22)18-13-4-6-14(7-5-13)20(2)3/h4-8,12H,9-10H2,1-3H3,(H,18,22). The maximum Gasteiger partial charge on any atom is 0.276 e. The highest BCUT2D eigenvalue weighted by molar-refractivity contribution is 5.97. The van der Waals surface area contributed by atoms with Crippen LogP contribution in [0.4, 0.5) is 11.4 Å². The predicted octanol–water partition coefficient (Wildman–Crippen LogP) is 1.76. The molecule has 2 heterocycles. The molecule has 2 aromatic rings. The van der Waals surface area contributed by atoms with Crippen molar-refractivity contribution in [3.63, 3.8) is 0 Å². The molecule has 7 nitrogen and oxygen atoms in total. The van der Waals surface area contributed by atoms with Crippen LogP contribution < -0.4 is 10.2 Å². The smallest absolute Gasteiger partial charge is 0.276 e. The van der Waals surface area contributed by atoms with E-state index in [4.69, 9.17) is 4.52 Å². The number of aromatic nitrogens is 1. The van der Waals surface area contributed by atoms with E-state index in [1.54, 1.807) is 17.9 Å². The predicted molar refractivity (Wildman–Crippen MR) is 90.0 cm³/mol. The van der Waals surface area contributed by atoms with E-state index in [2.05, 4.69) is 10.5 Å². The third-order valence-corrected chi connectivity index (χ3v) is 4.04. The van der Waals surface area contributed by atoms with Gasteiger partial charge in [-0.15, -0.1) is 0 Å². The molecule has 3 rings (SSSR count). The summed E-state index contributed by atoms with van der Waals surface area (Å²) in [6.45, 7) is 2.52. The summed E-state index contributed by atoms with van der Waals surface area (Å²) >= 11 is 0. The third-order valence-electron chi connectivity index (χ3n) is 4.04. The number of nitrogens with one attached hydrogen (secondary N) is 1. The summed E-state index contributed by atoms with van der Waals surface area (Å²) in [4.78, 5) is 28.0. The first kappa shape index (κ1) is 16.0. The molecular weight excluding hydrogens is 308 g/mol. The number of anilines is 2. The number of hydrogen-bond donors (Lipinski definition) is 1. The van der Waals surface area contributed by atoms with Gasteiger partial charge >= 0.3 is 0 Å². The largest absolute Gasteiger partial charge is 0.378 e. The fraction of sp³-hybridized carbons (Fsp3) is 0.353. The van der Waals surface area contributed by atoms with Crippen LogP contribution in [0.1, 0.15) is 16.2 Å². The Morgan fingerprint density at radius 3 is 2.46 bits per heavy atom. The zero-order valence-electron chi connectivity index (χ0n) is 13.9. The van der Waals surface area contributed by atoms with E-state index in [0.29, 0.717) is 18.8 Å². The van der Waals surface area contributed by atoms with Gasteiger partial charge in [-0.1, -0.05) is 5.16 Å². The summed E-state index contributed by atoms with van der Waals surface area (Å²) in [5.74, 6) is 0.115. The first-order valence-electron chi connectivity index (χ1n) is 7.75. The normalized spacial score (nSPS) is 14.2. The molecule has 0 spiro atoms. The number of hydrogen-bond acceptors (Lipinski definition) is 5. The maximum absolute atomic E-state index is 12.2. The highest BCUT2D eigenvalue weighted by Gasteiger charge is 2.37. The van der Waals surface area contributed by atoms with E-state index in [9.17, 15) is 9.59 Å². The molecule has 0 atom stereocenters. The minimum atomic E-state index is -0.203. The summed E-state index contributed by atoms with van der Waals surface area (Å²) in [6.07, 6.45) is 0. The molecule has 1 saturated heterocycles. The number of carbonyl (C=O) groups excluding carboxylic acids is 2. The second-order valence-electron chi connectivity index (χ2n) is 6.16. The van der Waals surface area contributed by atoms with Gasteiger partial charge in [-0.25, -0.2) is 0 Å². The second kappa shape index (κ2) is 6.35. The summed E-state index contributed by atoms with van der Waals surface area (Å²) < 4.78 is 4.90. The molecule has 1 aromatic heterocycles. The van der Waals surface area contributed by atoms with E-state index in [1.807, 2.05) is 43.3 Å². The van der Waals surface area contributed by atoms with Crippen molar-refractivity contribution >= 4 is 23.2 Å². The topological polar surface area (TPSA) is 78.7 Å². The van der Waals surface area contributed by atoms with Crippen molar-refractivity contribution in [1.82, 2.24) is 10.1 Å². The van der Waals surface area contributed by atoms with Crippen LogP contribution in [-0.2, 0) is 4.79 Å². The second-order valence-corrected chi connectivity index (χ2v) is 6.16. The van der Waals surface area contributed by atoms with E-state index >= 15 is 0 Å². The lowest BCUT2D eigenvalue weighted by atomic mass is 9.98. The van der Waals surface area contributed by atoms with Crippen molar-refractivity contribution in [3.8, 4) is 0 Å². The lowest BCUT2D eigenvalue weighted by Gasteiger charge is -2.37. The van der Waals surface area contributed by atoms with Crippen molar-refractivity contribution in [2.24, 2.45) is 5.92 Å². The van der Waals surface area contributed by atoms with E-state index < -0.39 is 0 Å². The Morgan fingerprint density at radius 2 is 1.92 bits per heavy atom. The fourth-order valence-electron chi connectivity index (χ4n) is 2.53. The highest BCUT2D eigenvalue weighted by Crippen LogP contribution is 2.21. The number of aryl methyl sites for hydroxylation is 1. The molecule has 1 aliphatic rings. The van der Waals surface area contributed by atoms with Crippen molar-refractivity contribution in [3.05, 3.63) is 41.8 Å². The van der Waals surface area contributed by atoms with Gasteiger partial charge in [-0.05, 0) is 31.2 Å². The van der Waals surface area contributed by atoms with Crippen molar-refractivity contribution in [2.75, 3.05) is 37.4 Å². The summed E-state index contributed by atoms with van der Waals surface area (Å²) in [6, 6.07) is 9.22. The SMILES string of the molecule is Cc1cc(C(=O)N2CC(C(=O)Nc3ccc(N(C)C)cc3)C2)no1. The Balaban J connectivity index is 1.52. The van der Waals surface area contributed by atoms with Crippen molar-refractivity contribution in [2.45, 2.75) is 6.92 Å². The zero-order valence-corrected chi connectivity index (χ0v) is 13.9. The molecule has 2 amide bonds. The fourth-order valence-corrected chi connectivity index (χ4v) is 2.53. The molecule has 1 aliphatic heterocycles. The molecule has 1 fully saturated rings. The van der Waals surface area contributed by atoms with Gasteiger partial charge in [0.15, 0.2) is 5.69 Å². The molecule has 0 saturated carbocycles. The van der Waals surface area contributed by atoms with Gasteiger partial charge in [0.05, 0.1) is 5.92 Å². The first-order valence-corrected chi connectivity index (χ1v) is 7.75. The number of nitrogens with zero attached hydrogens (tertiary/aromatic N) is 3. The molecule has 1 N–H and O–H groups in total. The van der Waals surface area contributed by atoms with Gasteiger partial charge in [0.25, 0.3) is 5.91 Å². The lowest BCUT2D eigenvalue weighted by molar-refractivity contribution is -0.123. The van der Waals surface area contributed by atoms with Gasteiger partial charge in [-0.2, -0.15) is 0 Å². The molecule has 7 heteroatoms. The van der Waals surface area contributed by atoms with Gasteiger partial charge in [0.2, 0.25) is 5.91 Å². The van der Waals surface area contributed by atoms with Gasteiger partial charge in [0.1, 0.15) is 5.76 Å². The van der Waals surface area contributed by atoms with Crippen LogP contribution in [-0.4, -0.2) is 49.1 Å². The molecule has 126 valence electrons. The molecule has 24 heavy (non-hydrogen) atoms. The van der Waals surface area contributed by atoms with Crippen LogP contribution in [0.2, 0.25) is 0 Å². The van der Waals surface area contributed by atoms with Crippen molar-refractivity contribution in [1.29, 1.82) is 0 Å². The maximum atomic E-state index is 12.2. The Kier molecular flexibility index (Phi) is 4.24. The minimum absolute atomic E-state index is 0.0759. The molecule has 0 radical (unpaired) electrons. The Hall–Kier alpha value is -2.83. The van der Waals surface area contributed by atoms with Crippen LogP contribution in [0.15, 0.2) is 34.9 Å². The summed E-state index contributed by atoms with van der Waals surface area (Å²) in [5.41, 5.74) is 2.10. The summed E-state index contributed by atoms with van der Waals surface area (Å²) in [5, 5.41) is 6.59. The van der Waals surface area contributed by atoms with E-state index in [-0.39, 0.29) is 23.4 Å². The zero-order chi connectivity index (χ0) is 17.3. The molecule has 0 aliphatic carbocycles. The number of likely N-dealkylation sites (tertiary alicyclic amines) is 1. The Labute approximate surface area is 140 Å². The van der Waals surface area contributed by atoms with Crippen LogP contribution >= 0.6 is 0 Å². The molecular formula is C17H20N4O3. The van der Waals surface area contributed by atoms with Crippen molar-refractivity contribution < 1.29 is 14.1 Å². The van der Waals surface area contributed by atoms with Gasteiger partial charge < -0.3 is 19.6 Å². The van der Waals surface area contributed by atoms with Gasteiger partial charge in [-0.3, -0.25) is 9.59 Å².